The topological polar surface area (TPSA) is 15.3 Å². The maximum Gasteiger partial charge on any atom is 0.0542 e. The fourth-order valence-electron chi connectivity index (χ4n) is 1.78. The third kappa shape index (κ3) is 3.11. The SMILES string of the molecule is Sc1ccc(CN2CCNCC2)cc1Cl. The van der Waals surface area contributed by atoms with Gasteiger partial charge in [0.25, 0.3) is 0 Å². The molecule has 1 aromatic carbocycles. The standard InChI is InChI=1S/C11H15ClN2S/c12-10-7-9(1-2-11(10)15)8-14-5-3-13-4-6-14/h1-2,7,13,15H,3-6,8H2. The summed E-state index contributed by atoms with van der Waals surface area (Å²) in [6.45, 7) is 5.37. The summed E-state index contributed by atoms with van der Waals surface area (Å²) in [4.78, 5) is 3.28. The molecule has 1 aliphatic rings. The van der Waals surface area contributed by atoms with Crippen LogP contribution in [-0.2, 0) is 6.54 Å². The molecule has 0 atom stereocenters. The second-order valence-electron chi connectivity index (χ2n) is 3.81. The number of rotatable bonds is 2. The Balaban J connectivity index is 2.00. The van der Waals surface area contributed by atoms with E-state index in [1.165, 1.54) is 5.56 Å². The summed E-state index contributed by atoms with van der Waals surface area (Å²) in [5, 5.41) is 4.08. The van der Waals surface area contributed by atoms with Gasteiger partial charge in [0.05, 0.1) is 5.02 Å². The zero-order valence-corrected chi connectivity index (χ0v) is 10.2. The lowest BCUT2D eigenvalue weighted by atomic mass is 10.2. The van der Waals surface area contributed by atoms with E-state index < -0.39 is 0 Å². The molecular weight excluding hydrogens is 228 g/mol. The Bertz CT molecular complexity index is 337. The maximum absolute atomic E-state index is 6.02. The highest BCUT2D eigenvalue weighted by molar-refractivity contribution is 7.80. The molecule has 15 heavy (non-hydrogen) atoms. The second-order valence-corrected chi connectivity index (χ2v) is 4.70. The highest BCUT2D eigenvalue weighted by Crippen LogP contribution is 2.21. The molecule has 1 aliphatic heterocycles. The number of halogens is 1. The van der Waals surface area contributed by atoms with Gasteiger partial charge in [0, 0.05) is 37.6 Å². The molecule has 0 radical (unpaired) electrons. The number of piperazine rings is 1. The van der Waals surface area contributed by atoms with E-state index in [0.717, 1.165) is 42.6 Å². The lowest BCUT2D eigenvalue weighted by Gasteiger charge is -2.27. The van der Waals surface area contributed by atoms with Crippen LogP contribution in [0.25, 0.3) is 0 Å². The molecular formula is C11H15ClN2S. The van der Waals surface area contributed by atoms with Gasteiger partial charge in [-0.3, -0.25) is 4.90 Å². The molecule has 2 nitrogen and oxygen atoms in total. The zero-order chi connectivity index (χ0) is 10.7. The highest BCUT2D eigenvalue weighted by atomic mass is 35.5. The highest BCUT2D eigenvalue weighted by Gasteiger charge is 2.10. The molecule has 0 amide bonds. The number of thiol groups is 1. The predicted octanol–water partition coefficient (Wildman–Crippen LogP) is 2.03. The van der Waals surface area contributed by atoms with Crippen LogP contribution < -0.4 is 5.32 Å². The molecule has 1 N–H and O–H groups in total. The third-order valence-corrected chi connectivity index (χ3v) is 3.46. The van der Waals surface area contributed by atoms with Crippen molar-refractivity contribution in [2.45, 2.75) is 11.4 Å². The van der Waals surface area contributed by atoms with Crippen molar-refractivity contribution < 1.29 is 0 Å². The minimum absolute atomic E-state index is 0.742. The summed E-state index contributed by atoms with van der Waals surface area (Å²) >= 11 is 10.3. The van der Waals surface area contributed by atoms with Crippen molar-refractivity contribution in [3.63, 3.8) is 0 Å². The molecule has 4 heteroatoms. The summed E-state index contributed by atoms with van der Waals surface area (Å²) in [5.41, 5.74) is 1.26. The second kappa shape index (κ2) is 5.21. The van der Waals surface area contributed by atoms with E-state index in [1.54, 1.807) is 0 Å². The Morgan fingerprint density at radius 1 is 1.33 bits per heavy atom. The van der Waals surface area contributed by atoms with Crippen molar-refractivity contribution in [3.8, 4) is 0 Å². The fraction of sp³-hybridized carbons (Fsp3) is 0.455. The van der Waals surface area contributed by atoms with Gasteiger partial charge in [-0.1, -0.05) is 17.7 Å². The van der Waals surface area contributed by atoms with Crippen LogP contribution >= 0.6 is 24.2 Å². The average molecular weight is 243 g/mol. The molecule has 2 rings (SSSR count). The normalized spacial score (nSPS) is 18.0. The molecule has 0 aliphatic carbocycles. The van der Waals surface area contributed by atoms with Crippen molar-refractivity contribution in [3.05, 3.63) is 28.8 Å². The number of hydrogen-bond acceptors (Lipinski definition) is 3. The average Bonchev–Trinajstić information content (AvgIpc) is 2.25. The Kier molecular flexibility index (Phi) is 3.92. The molecule has 1 saturated heterocycles. The van der Waals surface area contributed by atoms with Gasteiger partial charge in [0.2, 0.25) is 0 Å². The number of hydrogen-bond donors (Lipinski definition) is 2. The van der Waals surface area contributed by atoms with Crippen molar-refractivity contribution in [1.29, 1.82) is 0 Å². The first kappa shape index (κ1) is 11.3. The van der Waals surface area contributed by atoms with Gasteiger partial charge in [0.15, 0.2) is 0 Å². The molecule has 1 heterocycles. The smallest absolute Gasteiger partial charge is 0.0542 e. The van der Waals surface area contributed by atoms with Gasteiger partial charge in [-0.2, -0.15) is 0 Å². The van der Waals surface area contributed by atoms with Crippen molar-refractivity contribution in [2.24, 2.45) is 0 Å². The van der Waals surface area contributed by atoms with E-state index in [2.05, 4.69) is 28.9 Å². The lowest BCUT2D eigenvalue weighted by Crippen LogP contribution is -2.42. The molecule has 0 unspecified atom stereocenters. The van der Waals surface area contributed by atoms with Crippen LogP contribution in [0.4, 0.5) is 0 Å². The number of nitrogens with zero attached hydrogens (tertiary/aromatic N) is 1. The zero-order valence-electron chi connectivity index (χ0n) is 8.54. The van der Waals surface area contributed by atoms with E-state index in [9.17, 15) is 0 Å². The summed E-state index contributed by atoms with van der Waals surface area (Å²) in [5.74, 6) is 0. The van der Waals surface area contributed by atoms with Gasteiger partial charge >= 0.3 is 0 Å². The molecule has 82 valence electrons. The van der Waals surface area contributed by atoms with Crippen LogP contribution in [-0.4, -0.2) is 31.1 Å². The largest absolute Gasteiger partial charge is 0.314 e. The minimum atomic E-state index is 0.742. The summed E-state index contributed by atoms with van der Waals surface area (Å²) in [7, 11) is 0. The number of nitrogens with one attached hydrogen (secondary N) is 1. The Morgan fingerprint density at radius 2 is 2.07 bits per heavy atom. The fourth-order valence-corrected chi connectivity index (χ4v) is 2.12. The molecule has 0 aromatic heterocycles. The van der Waals surface area contributed by atoms with Crippen LogP contribution in [0.3, 0.4) is 0 Å². The molecule has 0 saturated carbocycles. The monoisotopic (exact) mass is 242 g/mol. The minimum Gasteiger partial charge on any atom is -0.314 e. The van der Waals surface area contributed by atoms with E-state index in [4.69, 9.17) is 11.6 Å². The first-order valence-electron chi connectivity index (χ1n) is 5.16. The van der Waals surface area contributed by atoms with E-state index >= 15 is 0 Å². The third-order valence-electron chi connectivity index (χ3n) is 2.63. The van der Waals surface area contributed by atoms with Crippen molar-refractivity contribution in [1.82, 2.24) is 10.2 Å². The first-order chi connectivity index (χ1) is 7.25. The van der Waals surface area contributed by atoms with Crippen LogP contribution in [0, 0.1) is 0 Å². The van der Waals surface area contributed by atoms with E-state index in [0.29, 0.717) is 0 Å². The maximum atomic E-state index is 6.02. The van der Waals surface area contributed by atoms with Gasteiger partial charge in [-0.05, 0) is 17.7 Å². The van der Waals surface area contributed by atoms with Gasteiger partial charge in [0.1, 0.15) is 0 Å². The Hall–Kier alpha value is -0.220. The summed E-state index contributed by atoms with van der Waals surface area (Å²) in [6.07, 6.45) is 0. The van der Waals surface area contributed by atoms with Gasteiger partial charge < -0.3 is 5.32 Å². The summed E-state index contributed by atoms with van der Waals surface area (Å²) in [6, 6.07) is 6.06. The van der Waals surface area contributed by atoms with Gasteiger partial charge in [-0.25, -0.2) is 0 Å². The molecule has 1 fully saturated rings. The van der Waals surface area contributed by atoms with Crippen molar-refractivity contribution in [2.75, 3.05) is 26.2 Å². The van der Waals surface area contributed by atoms with Crippen LogP contribution in [0.15, 0.2) is 23.1 Å². The van der Waals surface area contributed by atoms with Gasteiger partial charge in [-0.15, -0.1) is 12.6 Å². The molecule has 1 aromatic rings. The van der Waals surface area contributed by atoms with E-state index in [1.807, 2.05) is 12.1 Å². The molecule has 0 bridgehead atoms. The summed E-state index contributed by atoms with van der Waals surface area (Å²) < 4.78 is 0. The van der Waals surface area contributed by atoms with Crippen LogP contribution in [0.1, 0.15) is 5.56 Å². The van der Waals surface area contributed by atoms with Crippen LogP contribution in [0.2, 0.25) is 5.02 Å². The first-order valence-corrected chi connectivity index (χ1v) is 5.99. The van der Waals surface area contributed by atoms with E-state index in [-0.39, 0.29) is 0 Å². The predicted molar refractivity (Wildman–Crippen MR) is 66.9 cm³/mol. The Morgan fingerprint density at radius 3 is 2.73 bits per heavy atom. The Labute approximate surface area is 101 Å². The van der Waals surface area contributed by atoms with Crippen molar-refractivity contribution >= 4 is 24.2 Å². The quantitative estimate of drug-likeness (QED) is 0.772. The van der Waals surface area contributed by atoms with Crippen LogP contribution in [0.5, 0.6) is 0 Å². The lowest BCUT2D eigenvalue weighted by molar-refractivity contribution is 0.233. The molecule has 0 spiro atoms. The number of benzene rings is 1.